The van der Waals surface area contributed by atoms with Crippen molar-refractivity contribution >= 4 is 17.2 Å². The molecule has 152 valence electrons. The number of rotatable bonds is 5. The molecule has 30 heavy (non-hydrogen) atoms. The predicted octanol–water partition coefficient (Wildman–Crippen LogP) is 3.95. The topological polar surface area (TPSA) is 41.6 Å². The Kier molecular flexibility index (Phi) is 6.94. The summed E-state index contributed by atoms with van der Waals surface area (Å²) in [5.41, 5.74) is 2.51. The van der Waals surface area contributed by atoms with Gasteiger partial charge < -0.3 is 10.1 Å². The number of carbonyl (C=O) groups excluding carboxylic acids is 1. The fourth-order valence-corrected chi connectivity index (χ4v) is 4.30. The summed E-state index contributed by atoms with van der Waals surface area (Å²) in [6.45, 7) is 3.82. The summed E-state index contributed by atoms with van der Waals surface area (Å²) in [5.74, 6) is 6.21. The van der Waals surface area contributed by atoms with E-state index in [-0.39, 0.29) is 11.9 Å². The van der Waals surface area contributed by atoms with Crippen molar-refractivity contribution in [3.05, 3.63) is 93.7 Å². The van der Waals surface area contributed by atoms with Gasteiger partial charge in [0.1, 0.15) is 0 Å². The zero-order valence-corrected chi connectivity index (χ0v) is 17.5. The number of carbonyl (C=O) groups is 1. The highest BCUT2D eigenvalue weighted by Gasteiger charge is 2.24. The molecule has 0 aliphatic carbocycles. The van der Waals surface area contributed by atoms with Crippen LogP contribution in [0.1, 0.15) is 32.4 Å². The van der Waals surface area contributed by atoms with E-state index in [1.165, 1.54) is 4.88 Å². The first-order valence-corrected chi connectivity index (χ1v) is 11.0. The molecule has 2 heterocycles. The van der Waals surface area contributed by atoms with Gasteiger partial charge in [0.25, 0.3) is 5.91 Å². The molecule has 1 N–H and O–H groups in total. The van der Waals surface area contributed by atoms with Crippen molar-refractivity contribution < 1.29 is 9.53 Å². The molecular formula is C25H24N2O2S. The number of benzene rings is 2. The fourth-order valence-electron chi connectivity index (χ4n) is 3.44. The van der Waals surface area contributed by atoms with Crippen LogP contribution < -0.4 is 5.32 Å². The van der Waals surface area contributed by atoms with Crippen molar-refractivity contribution in [2.24, 2.45) is 0 Å². The van der Waals surface area contributed by atoms with Crippen molar-refractivity contribution in [1.82, 2.24) is 10.2 Å². The molecule has 4 rings (SSSR count). The number of thiophene rings is 1. The fraction of sp³-hybridized carbons (Fsp3) is 0.240. The largest absolute Gasteiger partial charge is 0.379 e. The van der Waals surface area contributed by atoms with Gasteiger partial charge in [-0.25, -0.2) is 0 Å². The number of nitrogens with one attached hydrogen (secondary N) is 1. The standard InChI is InChI=1S/C25H24N2O2S/c28-25(22-12-10-21(11-13-22)9-8-20-5-2-1-3-6-20)26-19-23(24-7-4-18-30-24)27-14-16-29-17-15-27/h1-7,10-13,18,23H,14-17,19H2,(H,26,28)/t23-/m0/s1. The Bertz CT molecular complexity index is 999. The van der Waals surface area contributed by atoms with Crippen molar-refractivity contribution in [1.29, 1.82) is 0 Å². The van der Waals surface area contributed by atoms with E-state index in [2.05, 4.69) is 39.6 Å². The first kappa shape index (κ1) is 20.4. The van der Waals surface area contributed by atoms with Gasteiger partial charge in [-0.3, -0.25) is 9.69 Å². The average molecular weight is 417 g/mol. The number of morpholine rings is 1. The van der Waals surface area contributed by atoms with E-state index in [0.717, 1.165) is 37.4 Å². The lowest BCUT2D eigenvalue weighted by atomic mass is 10.1. The quantitative estimate of drug-likeness (QED) is 0.641. The molecule has 1 amide bonds. The average Bonchev–Trinajstić information content (AvgIpc) is 3.34. The summed E-state index contributed by atoms with van der Waals surface area (Å²) >= 11 is 1.73. The van der Waals surface area contributed by atoms with E-state index in [1.54, 1.807) is 11.3 Å². The Morgan fingerprint density at radius 1 is 0.967 bits per heavy atom. The Labute approximate surface area is 181 Å². The molecule has 1 saturated heterocycles. The second-order valence-corrected chi connectivity index (χ2v) is 8.06. The number of ether oxygens (including phenoxy) is 1. The van der Waals surface area contributed by atoms with Crippen molar-refractivity contribution in [2.75, 3.05) is 32.8 Å². The minimum absolute atomic E-state index is 0.0626. The lowest BCUT2D eigenvalue weighted by Crippen LogP contribution is -2.43. The first-order chi connectivity index (χ1) is 14.8. The van der Waals surface area contributed by atoms with Crippen LogP contribution in [0.5, 0.6) is 0 Å². The van der Waals surface area contributed by atoms with Crippen LogP contribution >= 0.6 is 11.3 Å². The van der Waals surface area contributed by atoms with Gasteiger partial charge in [0.2, 0.25) is 0 Å². The van der Waals surface area contributed by atoms with Crippen LogP contribution in [0.25, 0.3) is 0 Å². The SMILES string of the molecule is O=C(NC[C@@H](c1cccs1)N1CCOCC1)c1ccc(C#Cc2ccccc2)cc1. The van der Waals surface area contributed by atoms with E-state index in [0.29, 0.717) is 12.1 Å². The number of amides is 1. The van der Waals surface area contributed by atoms with E-state index < -0.39 is 0 Å². The predicted molar refractivity (Wildman–Crippen MR) is 121 cm³/mol. The maximum atomic E-state index is 12.7. The molecule has 1 aliphatic heterocycles. The lowest BCUT2D eigenvalue weighted by Gasteiger charge is -2.34. The van der Waals surface area contributed by atoms with Crippen LogP contribution in [-0.2, 0) is 4.74 Å². The molecule has 1 aliphatic rings. The third-order valence-electron chi connectivity index (χ3n) is 5.09. The summed E-state index contributed by atoms with van der Waals surface area (Å²) in [6, 6.07) is 21.7. The molecular weight excluding hydrogens is 392 g/mol. The van der Waals surface area contributed by atoms with Crippen LogP contribution in [0.3, 0.4) is 0 Å². The maximum absolute atomic E-state index is 12.7. The molecule has 0 saturated carbocycles. The number of hydrogen-bond acceptors (Lipinski definition) is 4. The van der Waals surface area contributed by atoms with Crippen LogP contribution in [0.4, 0.5) is 0 Å². The van der Waals surface area contributed by atoms with Crippen molar-refractivity contribution in [3.8, 4) is 11.8 Å². The summed E-state index contributed by atoms with van der Waals surface area (Å²) in [7, 11) is 0. The highest BCUT2D eigenvalue weighted by atomic mass is 32.1. The van der Waals surface area contributed by atoms with Crippen LogP contribution in [0.15, 0.2) is 72.1 Å². The van der Waals surface area contributed by atoms with Crippen molar-refractivity contribution in [3.63, 3.8) is 0 Å². The third kappa shape index (κ3) is 5.37. The second-order valence-electron chi connectivity index (χ2n) is 7.08. The summed E-state index contributed by atoms with van der Waals surface area (Å²) < 4.78 is 5.48. The Balaban J connectivity index is 1.38. The number of hydrogen-bond donors (Lipinski definition) is 1. The minimum atomic E-state index is -0.0626. The Morgan fingerprint density at radius 3 is 2.33 bits per heavy atom. The molecule has 4 nitrogen and oxygen atoms in total. The number of nitrogens with zero attached hydrogens (tertiary/aromatic N) is 1. The molecule has 0 radical (unpaired) electrons. The van der Waals surface area contributed by atoms with E-state index in [1.807, 2.05) is 54.6 Å². The molecule has 0 spiro atoms. The Hall–Kier alpha value is -2.91. The second kappa shape index (κ2) is 10.2. The van der Waals surface area contributed by atoms with Gasteiger partial charge in [-0.15, -0.1) is 11.3 Å². The van der Waals surface area contributed by atoms with E-state index >= 15 is 0 Å². The first-order valence-electron chi connectivity index (χ1n) is 10.1. The van der Waals surface area contributed by atoms with Gasteiger partial charge in [-0.2, -0.15) is 0 Å². The van der Waals surface area contributed by atoms with Gasteiger partial charge in [0.05, 0.1) is 19.3 Å². The molecule has 1 aromatic heterocycles. The highest BCUT2D eigenvalue weighted by molar-refractivity contribution is 7.10. The smallest absolute Gasteiger partial charge is 0.251 e. The van der Waals surface area contributed by atoms with Gasteiger partial charge in [-0.05, 0) is 47.8 Å². The minimum Gasteiger partial charge on any atom is -0.379 e. The maximum Gasteiger partial charge on any atom is 0.251 e. The Morgan fingerprint density at radius 2 is 1.67 bits per heavy atom. The van der Waals surface area contributed by atoms with Crippen molar-refractivity contribution in [2.45, 2.75) is 6.04 Å². The lowest BCUT2D eigenvalue weighted by molar-refractivity contribution is 0.0169. The molecule has 1 fully saturated rings. The van der Waals surface area contributed by atoms with Crippen LogP contribution in [0, 0.1) is 11.8 Å². The third-order valence-corrected chi connectivity index (χ3v) is 6.06. The van der Waals surface area contributed by atoms with Gasteiger partial charge in [0.15, 0.2) is 0 Å². The molecule has 0 unspecified atom stereocenters. The van der Waals surface area contributed by atoms with Crippen LogP contribution in [-0.4, -0.2) is 43.7 Å². The zero-order valence-electron chi connectivity index (χ0n) is 16.7. The van der Waals surface area contributed by atoms with E-state index in [9.17, 15) is 4.79 Å². The van der Waals surface area contributed by atoms with Gasteiger partial charge >= 0.3 is 0 Å². The summed E-state index contributed by atoms with van der Waals surface area (Å²) in [4.78, 5) is 16.4. The molecule has 5 heteroatoms. The molecule has 0 bridgehead atoms. The van der Waals surface area contributed by atoms with Gasteiger partial charge in [-0.1, -0.05) is 36.1 Å². The molecule has 1 atom stereocenters. The molecule has 3 aromatic rings. The zero-order chi connectivity index (χ0) is 20.6. The normalized spacial score (nSPS) is 15.1. The van der Waals surface area contributed by atoms with E-state index in [4.69, 9.17) is 4.74 Å². The van der Waals surface area contributed by atoms with Gasteiger partial charge in [0, 0.05) is 41.2 Å². The summed E-state index contributed by atoms with van der Waals surface area (Å²) in [6.07, 6.45) is 0. The molecule has 2 aromatic carbocycles. The van der Waals surface area contributed by atoms with Crippen LogP contribution in [0.2, 0.25) is 0 Å². The monoisotopic (exact) mass is 416 g/mol. The summed E-state index contributed by atoms with van der Waals surface area (Å²) in [5, 5.41) is 5.19. The highest BCUT2D eigenvalue weighted by Crippen LogP contribution is 2.25.